The van der Waals surface area contributed by atoms with Gasteiger partial charge in [-0.3, -0.25) is 10.1 Å². The molecular weight excluding hydrogens is 202 g/mol. The number of ether oxygens (including phenoxy) is 3. The van der Waals surface area contributed by atoms with Crippen LogP contribution in [0.4, 0.5) is 5.69 Å². The first-order valence-electron chi connectivity index (χ1n) is 4.13. The van der Waals surface area contributed by atoms with Crippen LogP contribution in [0.1, 0.15) is 0 Å². The summed E-state index contributed by atoms with van der Waals surface area (Å²) in [5.74, 6) is 0.618. The van der Waals surface area contributed by atoms with Gasteiger partial charge in [0.25, 0.3) is 0 Å². The molecule has 6 heteroatoms. The second kappa shape index (κ2) is 5.16. The van der Waals surface area contributed by atoms with Gasteiger partial charge in [-0.1, -0.05) is 0 Å². The molecule has 0 N–H and O–H groups in total. The standard InChI is InChI=1S/C9H11NO5/c1-13-6-15-9-5-7(14-2)3-4-8(9)10(11)12/h3-5H,6H2,1-2H3. The van der Waals surface area contributed by atoms with Crippen molar-refractivity contribution in [1.82, 2.24) is 0 Å². The highest BCUT2D eigenvalue weighted by atomic mass is 16.7. The maximum Gasteiger partial charge on any atom is 0.311 e. The first-order valence-corrected chi connectivity index (χ1v) is 4.13. The smallest absolute Gasteiger partial charge is 0.311 e. The van der Waals surface area contributed by atoms with Gasteiger partial charge >= 0.3 is 5.69 Å². The Morgan fingerprint density at radius 3 is 2.67 bits per heavy atom. The molecule has 0 spiro atoms. The van der Waals surface area contributed by atoms with E-state index in [1.54, 1.807) is 0 Å². The van der Waals surface area contributed by atoms with Crippen LogP contribution in [0.25, 0.3) is 0 Å². The topological polar surface area (TPSA) is 70.8 Å². The highest BCUT2D eigenvalue weighted by Crippen LogP contribution is 2.30. The van der Waals surface area contributed by atoms with Crippen molar-refractivity contribution in [2.75, 3.05) is 21.0 Å². The first-order chi connectivity index (χ1) is 7.19. The molecule has 0 saturated carbocycles. The fourth-order valence-corrected chi connectivity index (χ4v) is 1.01. The van der Waals surface area contributed by atoms with Crippen molar-refractivity contribution in [3.63, 3.8) is 0 Å². The molecule has 0 aliphatic heterocycles. The predicted octanol–water partition coefficient (Wildman–Crippen LogP) is 1.59. The third-order valence-electron chi connectivity index (χ3n) is 1.70. The molecule has 0 fully saturated rings. The van der Waals surface area contributed by atoms with E-state index in [1.165, 1.54) is 32.4 Å². The van der Waals surface area contributed by atoms with Gasteiger partial charge in [-0.05, 0) is 6.07 Å². The summed E-state index contributed by atoms with van der Waals surface area (Å²) < 4.78 is 14.6. The fourth-order valence-electron chi connectivity index (χ4n) is 1.01. The maximum absolute atomic E-state index is 10.6. The number of hydrogen-bond donors (Lipinski definition) is 0. The summed E-state index contributed by atoms with van der Waals surface area (Å²) >= 11 is 0. The van der Waals surface area contributed by atoms with Gasteiger partial charge < -0.3 is 14.2 Å². The van der Waals surface area contributed by atoms with Crippen LogP contribution in [-0.4, -0.2) is 25.9 Å². The lowest BCUT2D eigenvalue weighted by atomic mass is 10.3. The molecule has 0 radical (unpaired) electrons. The zero-order valence-corrected chi connectivity index (χ0v) is 8.43. The fraction of sp³-hybridized carbons (Fsp3) is 0.333. The number of nitro groups is 1. The molecule has 6 nitrogen and oxygen atoms in total. The molecule has 0 amide bonds. The molecular formula is C9H11NO5. The van der Waals surface area contributed by atoms with E-state index in [2.05, 4.69) is 4.74 Å². The molecule has 0 aliphatic rings. The highest BCUT2D eigenvalue weighted by molar-refractivity contribution is 5.50. The molecule has 15 heavy (non-hydrogen) atoms. The van der Waals surface area contributed by atoms with Crippen molar-refractivity contribution in [2.24, 2.45) is 0 Å². The Morgan fingerprint density at radius 1 is 1.40 bits per heavy atom. The Hall–Kier alpha value is -1.82. The summed E-state index contributed by atoms with van der Waals surface area (Å²) in [6.07, 6.45) is 0. The summed E-state index contributed by atoms with van der Waals surface area (Å²) in [6.45, 7) is -0.0476. The van der Waals surface area contributed by atoms with E-state index in [4.69, 9.17) is 9.47 Å². The monoisotopic (exact) mass is 213 g/mol. The number of benzene rings is 1. The van der Waals surface area contributed by atoms with Crippen LogP contribution in [0.2, 0.25) is 0 Å². The van der Waals surface area contributed by atoms with Gasteiger partial charge in [-0.2, -0.15) is 0 Å². The Kier molecular flexibility index (Phi) is 3.87. The normalized spacial score (nSPS) is 9.73. The Balaban J connectivity index is 2.99. The zero-order valence-electron chi connectivity index (χ0n) is 8.43. The summed E-state index contributed by atoms with van der Waals surface area (Å²) in [4.78, 5) is 10.1. The van der Waals surface area contributed by atoms with Gasteiger partial charge in [0.1, 0.15) is 5.75 Å². The summed E-state index contributed by atoms with van der Waals surface area (Å²) in [6, 6.07) is 4.26. The van der Waals surface area contributed by atoms with Crippen LogP contribution in [-0.2, 0) is 4.74 Å². The van der Waals surface area contributed by atoms with E-state index in [9.17, 15) is 10.1 Å². The third kappa shape index (κ3) is 2.81. The summed E-state index contributed by atoms with van der Waals surface area (Å²) in [5.41, 5.74) is -0.118. The van der Waals surface area contributed by atoms with Crippen molar-refractivity contribution in [3.8, 4) is 11.5 Å². The van der Waals surface area contributed by atoms with Crippen LogP contribution in [0, 0.1) is 10.1 Å². The van der Waals surface area contributed by atoms with Gasteiger partial charge in [0, 0.05) is 19.2 Å². The Bertz CT molecular complexity index is 352. The molecule has 1 aromatic carbocycles. The number of nitrogens with zero attached hydrogens (tertiary/aromatic N) is 1. The van der Waals surface area contributed by atoms with E-state index in [1.807, 2.05) is 0 Å². The van der Waals surface area contributed by atoms with Gasteiger partial charge in [0.15, 0.2) is 6.79 Å². The van der Waals surface area contributed by atoms with Crippen molar-refractivity contribution < 1.29 is 19.1 Å². The Labute approximate surface area is 86.5 Å². The van der Waals surface area contributed by atoms with Crippen molar-refractivity contribution in [3.05, 3.63) is 28.3 Å². The number of methoxy groups -OCH3 is 2. The maximum atomic E-state index is 10.6. The van der Waals surface area contributed by atoms with Crippen LogP contribution in [0.5, 0.6) is 11.5 Å². The third-order valence-corrected chi connectivity index (χ3v) is 1.70. The van der Waals surface area contributed by atoms with Crippen LogP contribution < -0.4 is 9.47 Å². The minimum absolute atomic E-state index is 0.0476. The van der Waals surface area contributed by atoms with Crippen molar-refractivity contribution in [1.29, 1.82) is 0 Å². The lowest BCUT2D eigenvalue weighted by molar-refractivity contribution is -0.386. The minimum Gasteiger partial charge on any atom is -0.497 e. The van der Waals surface area contributed by atoms with E-state index in [0.29, 0.717) is 5.75 Å². The molecule has 82 valence electrons. The molecule has 0 bridgehead atoms. The second-order valence-corrected chi connectivity index (χ2v) is 2.64. The van der Waals surface area contributed by atoms with E-state index < -0.39 is 4.92 Å². The van der Waals surface area contributed by atoms with Gasteiger partial charge in [0.2, 0.25) is 5.75 Å². The van der Waals surface area contributed by atoms with E-state index >= 15 is 0 Å². The quantitative estimate of drug-likeness (QED) is 0.422. The average Bonchev–Trinajstić information content (AvgIpc) is 2.25. The van der Waals surface area contributed by atoms with Gasteiger partial charge in [0.05, 0.1) is 12.0 Å². The molecule has 1 aromatic rings. The zero-order chi connectivity index (χ0) is 11.3. The van der Waals surface area contributed by atoms with Gasteiger partial charge in [-0.25, -0.2) is 0 Å². The number of nitro benzene ring substituents is 1. The molecule has 0 saturated heterocycles. The lowest BCUT2D eigenvalue weighted by Crippen LogP contribution is -2.02. The highest BCUT2D eigenvalue weighted by Gasteiger charge is 2.15. The summed E-state index contributed by atoms with van der Waals surface area (Å²) in [7, 11) is 2.91. The molecule has 0 aromatic heterocycles. The second-order valence-electron chi connectivity index (χ2n) is 2.64. The molecule has 1 rings (SSSR count). The van der Waals surface area contributed by atoms with E-state index in [-0.39, 0.29) is 18.2 Å². The van der Waals surface area contributed by atoms with Gasteiger partial charge in [-0.15, -0.1) is 0 Å². The molecule has 0 aliphatic carbocycles. The van der Waals surface area contributed by atoms with Crippen LogP contribution >= 0.6 is 0 Å². The van der Waals surface area contributed by atoms with Crippen LogP contribution in [0.3, 0.4) is 0 Å². The number of rotatable bonds is 5. The predicted molar refractivity (Wildman–Crippen MR) is 52.2 cm³/mol. The largest absolute Gasteiger partial charge is 0.497 e. The van der Waals surface area contributed by atoms with Crippen molar-refractivity contribution >= 4 is 5.69 Å². The Morgan fingerprint density at radius 2 is 2.13 bits per heavy atom. The lowest BCUT2D eigenvalue weighted by Gasteiger charge is -2.06. The molecule has 0 unspecified atom stereocenters. The van der Waals surface area contributed by atoms with E-state index in [0.717, 1.165) is 0 Å². The minimum atomic E-state index is -0.523. The first kappa shape index (κ1) is 11.3. The molecule has 0 heterocycles. The number of hydrogen-bond acceptors (Lipinski definition) is 5. The average molecular weight is 213 g/mol. The SMILES string of the molecule is COCOc1cc(OC)ccc1[N+](=O)[O-]. The van der Waals surface area contributed by atoms with Crippen LogP contribution in [0.15, 0.2) is 18.2 Å². The molecule has 0 atom stereocenters. The summed E-state index contributed by atoms with van der Waals surface area (Å²) in [5, 5.41) is 10.6. The van der Waals surface area contributed by atoms with Crippen molar-refractivity contribution in [2.45, 2.75) is 0 Å².